The molecule has 0 radical (unpaired) electrons. The normalized spacial score (nSPS) is 33.9. The predicted octanol–water partition coefficient (Wildman–Crippen LogP) is 2.90. The quantitative estimate of drug-likeness (QED) is 0.927. The summed E-state index contributed by atoms with van der Waals surface area (Å²) >= 11 is 0. The van der Waals surface area contributed by atoms with Gasteiger partial charge >= 0.3 is 0 Å². The number of morpholine rings is 1. The highest BCUT2D eigenvalue weighted by Gasteiger charge is 2.39. The third-order valence-electron chi connectivity index (χ3n) is 4.71. The van der Waals surface area contributed by atoms with E-state index in [4.69, 9.17) is 14.9 Å². The third-order valence-corrected chi connectivity index (χ3v) is 4.71. The fourth-order valence-electron chi connectivity index (χ4n) is 3.65. The molecule has 0 spiro atoms. The molecular formula is C17H28N2O2. The zero-order chi connectivity index (χ0) is 15.2. The summed E-state index contributed by atoms with van der Waals surface area (Å²) in [7, 11) is 0. The Kier molecular flexibility index (Phi) is 3.89. The zero-order valence-electron chi connectivity index (χ0n) is 13.6. The Bertz CT molecular complexity index is 497. The summed E-state index contributed by atoms with van der Waals surface area (Å²) in [4.78, 5) is 2.41. The van der Waals surface area contributed by atoms with Gasteiger partial charge in [0.05, 0.1) is 17.7 Å². The van der Waals surface area contributed by atoms with Gasteiger partial charge < -0.3 is 14.9 Å². The predicted molar refractivity (Wildman–Crippen MR) is 83.2 cm³/mol. The van der Waals surface area contributed by atoms with Gasteiger partial charge in [0.25, 0.3) is 0 Å². The standard InChI is InChI=1S/C17H28N2O2/c1-11-7-13(11)15-5-6-16(20-15)14(8-18)19-9-12(2)21-17(3,4)10-19/h5-6,11-14H,7-10,18H2,1-4H3. The van der Waals surface area contributed by atoms with Crippen molar-refractivity contribution in [3.05, 3.63) is 23.7 Å². The molecule has 2 fully saturated rings. The number of nitrogens with zero attached hydrogens (tertiary/aromatic N) is 1. The first-order chi connectivity index (χ1) is 9.89. The smallest absolute Gasteiger partial charge is 0.122 e. The second-order valence-electron chi connectivity index (χ2n) is 7.43. The van der Waals surface area contributed by atoms with Crippen LogP contribution in [0.5, 0.6) is 0 Å². The highest BCUT2D eigenvalue weighted by Crippen LogP contribution is 2.47. The summed E-state index contributed by atoms with van der Waals surface area (Å²) in [6, 6.07) is 4.41. The summed E-state index contributed by atoms with van der Waals surface area (Å²) in [5, 5.41) is 0. The van der Waals surface area contributed by atoms with E-state index in [0.717, 1.165) is 30.5 Å². The van der Waals surface area contributed by atoms with Crippen molar-refractivity contribution in [1.82, 2.24) is 4.90 Å². The molecule has 1 saturated carbocycles. The fraction of sp³-hybridized carbons (Fsp3) is 0.765. The molecule has 1 saturated heterocycles. The third kappa shape index (κ3) is 3.17. The van der Waals surface area contributed by atoms with E-state index >= 15 is 0 Å². The maximum Gasteiger partial charge on any atom is 0.122 e. The summed E-state index contributed by atoms with van der Waals surface area (Å²) in [6.45, 7) is 11.1. The van der Waals surface area contributed by atoms with Crippen molar-refractivity contribution in [3.8, 4) is 0 Å². The van der Waals surface area contributed by atoms with Crippen molar-refractivity contribution in [2.75, 3.05) is 19.6 Å². The highest BCUT2D eigenvalue weighted by molar-refractivity contribution is 5.19. The first-order valence-corrected chi connectivity index (χ1v) is 8.11. The molecule has 4 atom stereocenters. The van der Waals surface area contributed by atoms with E-state index in [2.05, 4.69) is 44.7 Å². The van der Waals surface area contributed by atoms with Gasteiger partial charge in [0.1, 0.15) is 11.5 Å². The first-order valence-electron chi connectivity index (χ1n) is 8.11. The molecule has 4 heteroatoms. The monoisotopic (exact) mass is 292 g/mol. The van der Waals surface area contributed by atoms with Gasteiger partial charge in [-0.15, -0.1) is 0 Å². The van der Waals surface area contributed by atoms with Crippen molar-refractivity contribution in [2.24, 2.45) is 11.7 Å². The Balaban J connectivity index is 1.76. The van der Waals surface area contributed by atoms with Gasteiger partial charge in [-0.2, -0.15) is 0 Å². The van der Waals surface area contributed by atoms with Crippen molar-refractivity contribution in [1.29, 1.82) is 0 Å². The van der Waals surface area contributed by atoms with Gasteiger partial charge in [-0.3, -0.25) is 4.90 Å². The lowest BCUT2D eigenvalue weighted by Crippen LogP contribution is -2.53. The Morgan fingerprint density at radius 1 is 1.38 bits per heavy atom. The molecule has 1 aromatic heterocycles. The van der Waals surface area contributed by atoms with Crippen LogP contribution in [0.1, 0.15) is 57.6 Å². The largest absolute Gasteiger partial charge is 0.464 e. The van der Waals surface area contributed by atoms with Crippen LogP contribution in [0.3, 0.4) is 0 Å². The first kappa shape index (κ1) is 15.1. The van der Waals surface area contributed by atoms with Crippen molar-refractivity contribution in [2.45, 2.75) is 57.8 Å². The number of rotatable bonds is 4. The number of ether oxygens (including phenoxy) is 1. The van der Waals surface area contributed by atoms with E-state index in [-0.39, 0.29) is 17.7 Å². The van der Waals surface area contributed by atoms with Crippen LogP contribution in [0, 0.1) is 5.92 Å². The van der Waals surface area contributed by atoms with Crippen LogP contribution in [0.25, 0.3) is 0 Å². The minimum Gasteiger partial charge on any atom is -0.464 e. The summed E-state index contributed by atoms with van der Waals surface area (Å²) < 4.78 is 12.1. The molecule has 4 unspecified atom stereocenters. The van der Waals surface area contributed by atoms with Crippen molar-refractivity contribution < 1.29 is 9.15 Å². The van der Waals surface area contributed by atoms with Gasteiger partial charge in [-0.1, -0.05) is 6.92 Å². The Hall–Kier alpha value is -0.840. The highest BCUT2D eigenvalue weighted by atomic mass is 16.5. The molecule has 0 amide bonds. The number of hydrogen-bond donors (Lipinski definition) is 1. The van der Waals surface area contributed by atoms with Crippen LogP contribution in [0.2, 0.25) is 0 Å². The van der Waals surface area contributed by atoms with Crippen LogP contribution >= 0.6 is 0 Å². The molecule has 1 aromatic rings. The maximum atomic E-state index is 6.13. The van der Waals surface area contributed by atoms with Gasteiger partial charge in [-0.05, 0) is 45.2 Å². The van der Waals surface area contributed by atoms with Gasteiger partial charge in [-0.25, -0.2) is 0 Å². The van der Waals surface area contributed by atoms with Crippen LogP contribution < -0.4 is 5.73 Å². The van der Waals surface area contributed by atoms with Gasteiger partial charge in [0, 0.05) is 25.6 Å². The molecule has 118 valence electrons. The molecule has 2 heterocycles. The minimum atomic E-state index is -0.133. The second-order valence-corrected chi connectivity index (χ2v) is 7.43. The summed E-state index contributed by atoms with van der Waals surface area (Å²) in [5.74, 6) is 3.54. The molecule has 0 bridgehead atoms. The Labute approximate surface area is 127 Å². The van der Waals surface area contributed by atoms with E-state index in [1.54, 1.807) is 0 Å². The molecule has 2 aliphatic rings. The number of furan rings is 1. The van der Waals surface area contributed by atoms with Crippen molar-refractivity contribution in [3.63, 3.8) is 0 Å². The second kappa shape index (κ2) is 5.41. The lowest BCUT2D eigenvalue weighted by atomic mass is 10.0. The molecule has 1 aliphatic carbocycles. The average Bonchev–Trinajstić information content (AvgIpc) is 2.91. The molecule has 4 nitrogen and oxygen atoms in total. The van der Waals surface area contributed by atoms with Gasteiger partial charge in [0.15, 0.2) is 0 Å². The van der Waals surface area contributed by atoms with Crippen LogP contribution in [0.15, 0.2) is 16.5 Å². The summed E-state index contributed by atoms with van der Waals surface area (Å²) in [6.07, 6.45) is 1.47. The molecule has 21 heavy (non-hydrogen) atoms. The van der Waals surface area contributed by atoms with Crippen LogP contribution in [-0.4, -0.2) is 36.2 Å². The van der Waals surface area contributed by atoms with E-state index in [1.807, 2.05) is 0 Å². The van der Waals surface area contributed by atoms with E-state index < -0.39 is 0 Å². The van der Waals surface area contributed by atoms with Crippen molar-refractivity contribution >= 4 is 0 Å². The topological polar surface area (TPSA) is 51.6 Å². The average molecular weight is 292 g/mol. The van der Waals surface area contributed by atoms with Crippen LogP contribution in [-0.2, 0) is 4.74 Å². The Morgan fingerprint density at radius 2 is 2.10 bits per heavy atom. The molecule has 0 aromatic carbocycles. The molecule has 1 aliphatic heterocycles. The van der Waals surface area contributed by atoms with E-state index in [1.165, 1.54) is 6.42 Å². The minimum absolute atomic E-state index is 0.133. The van der Waals surface area contributed by atoms with E-state index in [0.29, 0.717) is 12.5 Å². The number of nitrogens with two attached hydrogens (primary N) is 1. The lowest BCUT2D eigenvalue weighted by molar-refractivity contribution is -0.139. The zero-order valence-corrected chi connectivity index (χ0v) is 13.6. The summed E-state index contributed by atoms with van der Waals surface area (Å²) in [5.41, 5.74) is 5.92. The fourth-order valence-corrected chi connectivity index (χ4v) is 3.65. The molecule has 3 rings (SSSR count). The maximum absolute atomic E-state index is 6.13. The number of hydrogen-bond acceptors (Lipinski definition) is 4. The van der Waals surface area contributed by atoms with Crippen LogP contribution in [0.4, 0.5) is 0 Å². The van der Waals surface area contributed by atoms with E-state index in [9.17, 15) is 0 Å². The molecule has 2 N–H and O–H groups in total. The molecular weight excluding hydrogens is 264 g/mol. The lowest BCUT2D eigenvalue weighted by Gasteiger charge is -2.44. The SMILES string of the molecule is CC1CN(C(CN)c2ccc(C3CC3C)o2)CC(C)(C)O1. The van der Waals surface area contributed by atoms with Gasteiger partial charge in [0.2, 0.25) is 0 Å². The Morgan fingerprint density at radius 3 is 2.67 bits per heavy atom.